The fraction of sp³-hybridized carbons (Fsp3) is 0.875. The van der Waals surface area contributed by atoms with Gasteiger partial charge in [0.2, 0.25) is 0 Å². The molecule has 0 amide bonds. The lowest BCUT2D eigenvalue weighted by Crippen LogP contribution is -2.22. The zero-order valence-electron chi connectivity index (χ0n) is 6.08. The molecule has 0 radical (unpaired) electrons. The van der Waals surface area contributed by atoms with Crippen LogP contribution in [0.3, 0.4) is 0 Å². The summed E-state index contributed by atoms with van der Waals surface area (Å²) in [6.45, 7) is 2.28. The molecule has 2 aliphatic heterocycles. The van der Waals surface area contributed by atoms with Gasteiger partial charge in [0.1, 0.15) is 0 Å². The van der Waals surface area contributed by atoms with Gasteiger partial charge in [0.25, 0.3) is 0 Å². The summed E-state index contributed by atoms with van der Waals surface area (Å²) in [6.07, 6.45) is 3.82. The van der Waals surface area contributed by atoms with Gasteiger partial charge in [0, 0.05) is 12.6 Å². The number of fused-ring (bicyclic) bond motifs is 1. The largest absolute Gasteiger partial charge is 0.299 e. The van der Waals surface area contributed by atoms with Crippen molar-refractivity contribution in [2.24, 2.45) is 5.92 Å². The first kappa shape index (κ1) is 6.18. The number of nitrogens with zero attached hydrogens (tertiary/aromatic N) is 2. The van der Waals surface area contributed by atoms with Crippen molar-refractivity contribution in [3.8, 4) is 6.07 Å². The molecule has 2 rings (SSSR count). The van der Waals surface area contributed by atoms with Crippen LogP contribution in [-0.2, 0) is 0 Å². The third-order valence-electron chi connectivity index (χ3n) is 2.69. The summed E-state index contributed by atoms with van der Waals surface area (Å²) in [4.78, 5) is 2.47. The van der Waals surface area contributed by atoms with Gasteiger partial charge in [0.15, 0.2) is 0 Å². The van der Waals surface area contributed by atoms with Crippen LogP contribution < -0.4 is 0 Å². The second-order valence-electron chi connectivity index (χ2n) is 3.35. The Hall–Kier alpha value is -0.550. The SMILES string of the molecule is N#C[C@@H]1C[C@H]2CCCN2C1. The number of nitriles is 1. The van der Waals surface area contributed by atoms with Gasteiger partial charge < -0.3 is 0 Å². The van der Waals surface area contributed by atoms with Gasteiger partial charge in [-0.3, -0.25) is 4.90 Å². The predicted octanol–water partition coefficient (Wildman–Crippen LogP) is 0.994. The zero-order chi connectivity index (χ0) is 6.97. The minimum Gasteiger partial charge on any atom is -0.299 e. The Morgan fingerprint density at radius 3 is 3.10 bits per heavy atom. The van der Waals surface area contributed by atoms with Gasteiger partial charge in [-0.05, 0) is 25.8 Å². The highest BCUT2D eigenvalue weighted by Crippen LogP contribution is 2.30. The summed E-state index contributed by atoms with van der Waals surface area (Å²) in [5, 5.41) is 8.64. The molecule has 2 atom stereocenters. The van der Waals surface area contributed by atoms with Crippen LogP contribution in [0.2, 0.25) is 0 Å². The number of hydrogen-bond donors (Lipinski definition) is 0. The monoisotopic (exact) mass is 136 g/mol. The summed E-state index contributed by atoms with van der Waals surface area (Å²) in [7, 11) is 0. The first-order valence-corrected chi connectivity index (χ1v) is 4.04. The second kappa shape index (κ2) is 2.25. The van der Waals surface area contributed by atoms with Gasteiger partial charge in [-0.15, -0.1) is 0 Å². The van der Waals surface area contributed by atoms with Gasteiger partial charge in [0.05, 0.1) is 12.0 Å². The van der Waals surface area contributed by atoms with E-state index < -0.39 is 0 Å². The molecular formula is C8H12N2. The Kier molecular flexibility index (Phi) is 1.39. The van der Waals surface area contributed by atoms with Crippen LogP contribution in [0.25, 0.3) is 0 Å². The molecule has 2 aliphatic rings. The van der Waals surface area contributed by atoms with Crippen LogP contribution in [0.15, 0.2) is 0 Å². The lowest BCUT2D eigenvalue weighted by Gasteiger charge is -2.11. The van der Waals surface area contributed by atoms with Crippen LogP contribution in [0.4, 0.5) is 0 Å². The summed E-state index contributed by atoms with van der Waals surface area (Å²) < 4.78 is 0. The maximum absolute atomic E-state index is 8.64. The highest BCUT2D eigenvalue weighted by Gasteiger charge is 2.34. The smallest absolute Gasteiger partial charge is 0.0669 e. The highest BCUT2D eigenvalue weighted by atomic mass is 15.2. The molecule has 0 saturated carbocycles. The molecule has 2 fully saturated rings. The molecule has 0 aliphatic carbocycles. The number of hydrogen-bond acceptors (Lipinski definition) is 2. The fourth-order valence-corrected chi connectivity index (χ4v) is 2.18. The Bertz CT molecular complexity index is 159. The normalized spacial score (nSPS) is 39.5. The second-order valence-corrected chi connectivity index (χ2v) is 3.35. The molecule has 0 N–H and O–H groups in total. The molecule has 2 heterocycles. The van der Waals surface area contributed by atoms with Crippen LogP contribution in [0.5, 0.6) is 0 Å². The van der Waals surface area contributed by atoms with E-state index in [2.05, 4.69) is 11.0 Å². The maximum Gasteiger partial charge on any atom is 0.0669 e. The van der Waals surface area contributed by atoms with E-state index >= 15 is 0 Å². The van der Waals surface area contributed by atoms with Crippen LogP contribution in [0.1, 0.15) is 19.3 Å². The Balaban J connectivity index is 2.01. The molecule has 2 heteroatoms. The van der Waals surface area contributed by atoms with E-state index in [9.17, 15) is 0 Å². The molecule has 10 heavy (non-hydrogen) atoms. The Labute approximate surface area is 61.4 Å². The fourth-order valence-electron chi connectivity index (χ4n) is 2.18. The summed E-state index contributed by atoms with van der Waals surface area (Å²) >= 11 is 0. The van der Waals surface area contributed by atoms with Crippen molar-refractivity contribution in [1.29, 1.82) is 5.26 Å². The van der Waals surface area contributed by atoms with Crippen molar-refractivity contribution in [3.63, 3.8) is 0 Å². The van der Waals surface area contributed by atoms with Crippen molar-refractivity contribution in [3.05, 3.63) is 0 Å². The van der Waals surface area contributed by atoms with Gasteiger partial charge in [-0.2, -0.15) is 5.26 Å². The molecule has 0 aromatic rings. The van der Waals surface area contributed by atoms with Gasteiger partial charge >= 0.3 is 0 Å². The molecular weight excluding hydrogens is 124 g/mol. The predicted molar refractivity (Wildman–Crippen MR) is 38.3 cm³/mol. The van der Waals surface area contributed by atoms with Crippen molar-refractivity contribution < 1.29 is 0 Å². The van der Waals surface area contributed by atoms with E-state index in [1.54, 1.807) is 0 Å². The summed E-state index contributed by atoms with van der Waals surface area (Å²) in [5.74, 6) is 0.338. The van der Waals surface area contributed by atoms with Gasteiger partial charge in [-0.25, -0.2) is 0 Å². The van der Waals surface area contributed by atoms with Crippen molar-refractivity contribution in [1.82, 2.24) is 4.90 Å². The van der Waals surface area contributed by atoms with Crippen LogP contribution in [-0.4, -0.2) is 24.0 Å². The topological polar surface area (TPSA) is 27.0 Å². The molecule has 54 valence electrons. The Morgan fingerprint density at radius 2 is 2.40 bits per heavy atom. The molecule has 2 nitrogen and oxygen atoms in total. The number of rotatable bonds is 0. The minimum atomic E-state index is 0.338. The van der Waals surface area contributed by atoms with Gasteiger partial charge in [-0.1, -0.05) is 0 Å². The van der Waals surface area contributed by atoms with E-state index in [4.69, 9.17) is 5.26 Å². The van der Waals surface area contributed by atoms with Crippen molar-refractivity contribution in [2.75, 3.05) is 13.1 Å². The third-order valence-corrected chi connectivity index (χ3v) is 2.69. The first-order chi connectivity index (χ1) is 4.90. The van der Waals surface area contributed by atoms with E-state index in [-0.39, 0.29) is 0 Å². The first-order valence-electron chi connectivity index (χ1n) is 4.04. The standard InChI is InChI=1S/C8H12N2/c9-5-7-4-8-2-1-3-10(8)6-7/h7-8H,1-4,6H2/t7-,8+/m0/s1. The third kappa shape index (κ3) is 0.819. The highest BCUT2D eigenvalue weighted by molar-refractivity contribution is 4.98. The zero-order valence-corrected chi connectivity index (χ0v) is 6.08. The van der Waals surface area contributed by atoms with Crippen LogP contribution >= 0.6 is 0 Å². The van der Waals surface area contributed by atoms with E-state index in [0.29, 0.717) is 5.92 Å². The molecule has 0 aromatic carbocycles. The average Bonchev–Trinajstić information content (AvgIpc) is 2.42. The van der Waals surface area contributed by atoms with Crippen molar-refractivity contribution >= 4 is 0 Å². The van der Waals surface area contributed by atoms with Crippen LogP contribution in [0, 0.1) is 17.2 Å². The lowest BCUT2D eigenvalue weighted by molar-refractivity contribution is 0.322. The molecule has 0 bridgehead atoms. The molecule has 0 aromatic heterocycles. The lowest BCUT2D eigenvalue weighted by atomic mass is 10.1. The quantitative estimate of drug-likeness (QED) is 0.496. The van der Waals surface area contributed by atoms with E-state index in [0.717, 1.165) is 19.0 Å². The maximum atomic E-state index is 8.64. The molecule has 2 saturated heterocycles. The molecule has 0 unspecified atom stereocenters. The van der Waals surface area contributed by atoms with E-state index in [1.807, 2.05) is 0 Å². The van der Waals surface area contributed by atoms with E-state index in [1.165, 1.54) is 19.4 Å². The average molecular weight is 136 g/mol. The summed E-state index contributed by atoms with van der Waals surface area (Å²) in [5.41, 5.74) is 0. The Morgan fingerprint density at radius 1 is 1.50 bits per heavy atom. The summed E-state index contributed by atoms with van der Waals surface area (Å²) in [6, 6.07) is 3.12. The minimum absolute atomic E-state index is 0.338. The van der Waals surface area contributed by atoms with Crippen molar-refractivity contribution in [2.45, 2.75) is 25.3 Å². The molecule has 0 spiro atoms.